The molecule has 1 rings (SSSR count). The molecule has 0 heterocycles. The quantitative estimate of drug-likeness (QED) is 0.786. The summed E-state index contributed by atoms with van der Waals surface area (Å²) in [5.74, 6) is -0.548. The number of nitrogens with two attached hydrogens (primary N) is 1. The van der Waals surface area contributed by atoms with Crippen molar-refractivity contribution < 1.29 is 9.18 Å². The summed E-state index contributed by atoms with van der Waals surface area (Å²) in [5.41, 5.74) is 5.61. The molecule has 0 fully saturated rings. The van der Waals surface area contributed by atoms with Crippen molar-refractivity contribution in [3.8, 4) is 0 Å². The zero-order chi connectivity index (χ0) is 12.0. The predicted molar refractivity (Wildman–Crippen MR) is 64.2 cm³/mol. The molecule has 0 saturated carbocycles. The Hall–Kier alpha value is -0.940. The molecule has 0 spiro atoms. The fourth-order valence-electron chi connectivity index (χ4n) is 1.28. The average Bonchev–Trinajstić information content (AvgIpc) is 2.20. The van der Waals surface area contributed by atoms with E-state index in [1.807, 2.05) is 0 Å². The second kappa shape index (κ2) is 6.60. The first-order chi connectivity index (χ1) is 7.59. The van der Waals surface area contributed by atoms with E-state index in [1.165, 1.54) is 6.07 Å². The van der Waals surface area contributed by atoms with Gasteiger partial charge in [0.1, 0.15) is 5.82 Å². The Labute approximate surface area is 102 Å². The first kappa shape index (κ1) is 13.1. The molecule has 0 aliphatic rings. The van der Waals surface area contributed by atoms with Crippen molar-refractivity contribution in [3.63, 3.8) is 0 Å². The minimum absolute atomic E-state index is 0.239. The summed E-state index contributed by atoms with van der Waals surface area (Å²) in [7, 11) is 0. The minimum atomic E-state index is -0.309. The van der Waals surface area contributed by atoms with Crippen molar-refractivity contribution in [2.75, 3.05) is 6.54 Å². The van der Waals surface area contributed by atoms with Gasteiger partial charge in [-0.1, -0.05) is 22.0 Å². The van der Waals surface area contributed by atoms with Crippen LogP contribution in [0.5, 0.6) is 0 Å². The molecule has 3 nitrogen and oxygen atoms in total. The number of primary amides is 1. The van der Waals surface area contributed by atoms with Crippen LogP contribution in [0.2, 0.25) is 0 Å². The molecule has 88 valence electrons. The number of hydrogen-bond acceptors (Lipinski definition) is 2. The van der Waals surface area contributed by atoms with Crippen molar-refractivity contribution in [1.29, 1.82) is 0 Å². The Morgan fingerprint density at radius 3 is 2.88 bits per heavy atom. The lowest BCUT2D eigenvalue weighted by Crippen LogP contribution is -2.18. The summed E-state index contributed by atoms with van der Waals surface area (Å²) in [4.78, 5) is 10.5. The molecule has 0 unspecified atom stereocenters. The molecule has 1 aromatic rings. The number of carbonyl (C=O) groups is 1. The zero-order valence-corrected chi connectivity index (χ0v) is 10.4. The van der Waals surface area contributed by atoms with Crippen molar-refractivity contribution in [1.82, 2.24) is 5.32 Å². The van der Waals surface area contributed by atoms with E-state index in [2.05, 4.69) is 21.2 Å². The second-order valence-electron chi connectivity index (χ2n) is 3.48. The van der Waals surface area contributed by atoms with Crippen LogP contribution in [-0.2, 0) is 11.3 Å². The van der Waals surface area contributed by atoms with Gasteiger partial charge >= 0.3 is 0 Å². The fraction of sp³-hybridized carbons (Fsp3) is 0.364. The van der Waals surface area contributed by atoms with Gasteiger partial charge in [-0.2, -0.15) is 0 Å². The molecule has 0 atom stereocenters. The lowest BCUT2D eigenvalue weighted by Gasteiger charge is -2.05. The number of hydrogen-bond donors (Lipinski definition) is 2. The zero-order valence-electron chi connectivity index (χ0n) is 8.80. The van der Waals surface area contributed by atoms with Crippen molar-refractivity contribution in [2.24, 2.45) is 5.73 Å². The third kappa shape index (κ3) is 4.72. The number of benzene rings is 1. The first-order valence-electron chi connectivity index (χ1n) is 5.02. The lowest BCUT2D eigenvalue weighted by atomic mass is 10.2. The SMILES string of the molecule is NC(=O)CCCNCc1ccc(Br)cc1F. The number of halogens is 2. The van der Waals surface area contributed by atoms with Gasteiger partial charge in [0.05, 0.1) is 0 Å². The topological polar surface area (TPSA) is 55.1 Å². The van der Waals surface area contributed by atoms with E-state index in [1.54, 1.807) is 12.1 Å². The number of nitrogens with one attached hydrogen (secondary N) is 1. The van der Waals surface area contributed by atoms with Crippen molar-refractivity contribution >= 4 is 21.8 Å². The maximum absolute atomic E-state index is 13.3. The van der Waals surface area contributed by atoms with E-state index >= 15 is 0 Å². The molecule has 0 saturated heterocycles. The number of rotatable bonds is 6. The minimum Gasteiger partial charge on any atom is -0.370 e. The van der Waals surface area contributed by atoms with Gasteiger partial charge in [-0.05, 0) is 25.1 Å². The van der Waals surface area contributed by atoms with Gasteiger partial charge in [-0.3, -0.25) is 4.79 Å². The predicted octanol–water partition coefficient (Wildman–Crippen LogP) is 1.94. The Kier molecular flexibility index (Phi) is 5.42. The Balaban J connectivity index is 2.29. The van der Waals surface area contributed by atoms with Gasteiger partial charge in [-0.25, -0.2) is 4.39 Å². The Morgan fingerprint density at radius 1 is 1.50 bits per heavy atom. The third-order valence-corrected chi connectivity index (χ3v) is 2.60. The highest BCUT2D eigenvalue weighted by atomic mass is 79.9. The third-order valence-electron chi connectivity index (χ3n) is 2.11. The van der Waals surface area contributed by atoms with E-state index in [0.717, 1.165) is 4.47 Å². The van der Waals surface area contributed by atoms with Crippen LogP contribution in [0.4, 0.5) is 4.39 Å². The van der Waals surface area contributed by atoms with Gasteiger partial charge < -0.3 is 11.1 Å². The summed E-state index contributed by atoms with van der Waals surface area (Å²) in [6.45, 7) is 1.11. The van der Waals surface area contributed by atoms with E-state index in [9.17, 15) is 9.18 Å². The molecule has 5 heteroatoms. The molecule has 0 aromatic heterocycles. The van der Waals surface area contributed by atoms with Gasteiger partial charge in [-0.15, -0.1) is 0 Å². The van der Waals surface area contributed by atoms with Crippen LogP contribution in [-0.4, -0.2) is 12.5 Å². The fourth-order valence-corrected chi connectivity index (χ4v) is 1.61. The smallest absolute Gasteiger partial charge is 0.217 e. The van der Waals surface area contributed by atoms with Crippen LogP contribution in [0.3, 0.4) is 0 Å². The Bertz CT molecular complexity index is 371. The second-order valence-corrected chi connectivity index (χ2v) is 4.40. The van der Waals surface area contributed by atoms with E-state index in [-0.39, 0.29) is 11.7 Å². The molecule has 0 bridgehead atoms. The van der Waals surface area contributed by atoms with Crippen molar-refractivity contribution in [2.45, 2.75) is 19.4 Å². The van der Waals surface area contributed by atoms with Gasteiger partial charge in [0, 0.05) is 23.0 Å². The van der Waals surface area contributed by atoms with Crippen LogP contribution in [0.15, 0.2) is 22.7 Å². The summed E-state index contributed by atoms with van der Waals surface area (Å²) >= 11 is 3.19. The highest BCUT2D eigenvalue weighted by Gasteiger charge is 2.02. The average molecular weight is 289 g/mol. The van der Waals surface area contributed by atoms with Crippen LogP contribution >= 0.6 is 15.9 Å². The van der Waals surface area contributed by atoms with Gasteiger partial charge in [0.25, 0.3) is 0 Å². The Morgan fingerprint density at radius 2 is 2.25 bits per heavy atom. The van der Waals surface area contributed by atoms with Crippen LogP contribution < -0.4 is 11.1 Å². The molecule has 16 heavy (non-hydrogen) atoms. The lowest BCUT2D eigenvalue weighted by molar-refractivity contribution is -0.118. The van der Waals surface area contributed by atoms with E-state index in [4.69, 9.17) is 5.73 Å². The maximum atomic E-state index is 13.3. The molecule has 1 aromatic carbocycles. The van der Waals surface area contributed by atoms with E-state index in [0.29, 0.717) is 31.5 Å². The first-order valence-corrected chi connectivity index (χ1v) is 5.82. The highest BCUT2D eigenvalue weighted by molar-refractivity contribution is 9.10. The number of carbonyl (C=O) groups excluding carboxylic acids is 1. The molecule has 1 amide bonds. The van der Waals surface area contributed by atoms with Gasteiger partial charge in [0.15, 0.2) is 0 Å². The number of amides is 1. The molecule has 0 radical (unpaired) electrons. The summed E-state index contributed by atoms with van der Waals surface area (Å²) < 4.78 is 14.1. The maximum Gasteiger partial charge on any atom is 0.217 e. The van der Waals surface area contributed by atoms with Crippen LogP contribution in [0.1, 0.15) is 18.4 Å². The largest absolute Gasteiger partial charge is 0.370 e. The molecular formula is C11H14BrFN2O. The van der Waals surface area contributed by atoms with Gasteiger partial charge in [0.2, 0.25) is 5.91 Å². The summed E-state index contributed by atoms with van der Waals surface area (Å²) in [6.07, 6.45) is 1.03. The highest BCUT2D eigenvalue weighted by Crippen LogP contribution is 2.14. The normalized spacial score (nSPS) is 10.4. The summed E-state index contributed by atoms with van der Waals surface area (Å²) in [5, 5.41) is 3.05. The molecule has 0 aliphatic carbocycles. The molecule has 0 aliphatic heterocycles. The molecular weight excluding hydrogens is 275 g/mol. The van der Waals surface area contributed by atoms with Crippen LogP contribution in [0.25, 0.3) is 0 Å². The van der Waals surface area contributed by atoms with E-state index < -0.39 is 0 Å². The van der Waals surface area contributed by atoms with Crippen LogP contribution in [0, 0.1) is 5.82 Å². The monoisotopic (exact) mass is 288 g/mol. The molecule has 3 N–H and O–H groups in total. The standard InChI is InChI=1S/C11H14BrFN2O/c12-9-4-3-8(10(13)6-9)7-15-5-1-2-11(14)16/h3-4,6,15H,1-2,5,7H2,(H2,14,16). The van der Waals surface area contributed by atoms with Crippen molar-refractivity contribution in [3.05, 3.63) is 34.1 Å². The summed E-state index contributed by atoms with van der Waals surface area (Å²) in [6, 6.07) is 4.95.